The minimum atomic E-state index is 0.225. The maximum Gasteiger partial charge on any atom is 0.0667 e. The summed E-state index contributed by atoms with van der Waals surface area (Å²) in [5.74, 6) is 0. The van der Waals surface area contributed by atoms with Crippen molar-refractivity contribution < 1.29 is 4.74 Å². The van der Waals surface area contributed by atoms with E-state index in [9.17, 15) is 0 Å². The van der Waals surface area contributed by atoms with E-state index in [1.165, 1.54) is 0 Å². The van der Waals surface area contributed by atoms with E-state index in [0.29, 0.717) is 0 Å². The number of methoxy groups -OCH3 is 1. The third-order valence-electron chi connectivity index (χ3n) is 2.16. The van der Waals surface area contributed by atoms with E-state index in [4.69, 9.17) is 16.3 Å². The average molecular weight is 293 g/mol. The topological polar surface area (TPSA) is 21.3 Å². The molecule has 0 aromatic heterocycles. The Morgan fingerprint density at radius 3 is 2.93 bits per heavy atom. The zero-order chi connectivity index (χ0) is 11.3. The van der Waals surface area contributed by atoms with Crippen LogP contribution >= 0.6 is 27.5 Å². The maximum atomic E-state index is 5.91. The van der Waals surface area contributed by atoms with Crippen LogP contribution in [0, 0.1) is 0 Å². The number of hydrogen-bond acceptors (Lipinski definition) is 2. The molecule has 84 valence electrons. The lowest BCUT2D eigenvalue weighted by molar-refractivity contribution is 0.117. The fourth-order valence-corrected chi connectivity index (χ4v) is 1.75. The van der Waals surface area contributed by atoms with Crippen LogP contribution in [0.3, 0.4) is 0 Å². The Kier molecular flexibility index (Phi) is 5.61. The summed E-state index contributed by atoms with van der Waals surface area (Å²) in [6.07, 6.45) is 0.225. The van der Waals surface area contributed by atoms with Crippen molar-refractivity contribution in [1.82, 2.24) is 5.32 Å². The van der Waals surface area contributed by atoms with Gasteiger partial charge >= 0.3 is 0 Å². The smallest absolute Gasteiger partial charge is 0.0667 e. The molecule has 1 rings (SSSR count). The van der Waals surface area contributed by atoms with Gasteiger partial charge < -0.3 is 10.1 Å². The summed E-state index contributed by atoms with van der Waals surface area (Å²) in [6.45, 7) is 3.64. The minimum Gasteiger partial charge on any atom is -0.380 e. The minimum absolute atomic E-state index is 0.225. The summed E-state index contributed by atoms with van der Waals surface area (Å²) in [4.78, 5) is 0. The number of nitrogens with one attached hydrogen (secondary N) is 1. The first-order valence-electron chi connectivity index (χ1n) is 4.81. The molecule has 0 fully saturated rings. The van der Waals surface area contributed by atoms with Gasteiger partial charge in [0.05, 0.1) is 6.10 Å². The fourth-order valence-electron chi connectivity index (χ4n) is 1.17. The van der Waals surface area contributed by atoms with Crippen LogP contribution in [0.4, 0.5) is 0 Å². The Bertz CT molecular complexity index is 319. The highest BCUT2D eigenvalue weighted by atomic mass is 79.9. The average Bonchev–Trinajstić information content (AvgIpc) is 2.23. The van der Waals surface area contributed by atoms with E-state index in [-0.39, 0.29) is 6.10 Å². The zero-order valence-corrected chi connectivity index (χ0v) is 11.2. The van der Waals surface area contributed by atoms with Crippen LogP contribution in [-0.2, 0) is 11.3 Å². The second kappa shape index (κ2) is 6.48. The quantitative estimate of drug-likeness (QED) is 0.900. The van der Waals surface area contributed by atoms with E-state index in [1.54, 1.807) is 7.11 Å². The van der Waals surface area contributed by atoms with Crippen molar-refractivity contribution >= 4 is 27.5 Å². The van der Waals surface area contributed by atoms with Crippen molar-refractivity contribution in [3.05, 3.63) is 33.3 Å². The van der Waals surface area contributed by atoms with E-state index in [2.05, 4.69) is 21.2 Å². The highest BCUT2D eigenvalue weighted by molar-refractivity contribution is 9.10. The van der Waals surface area contributed by atoms with E-state index < -0.39 is 0 Å². The van der Waals surface area contributed by atoms with Gasteiger partial charge in [-0.3, -0.25) is 0 Å². The van der Waals surface area contributed by atoms with Crippen LogP contribution in [0.5, 0.6) is 0 Å². The molecule has 0 aliphatic heterocycles. The van der Waals surface area contributed by atoms with Crippen LogP contribution in [0.2, 0.25) is 5.02 Å². The van der Waals surface area contributed by atoms with Crippen LogP contribution in [0.25, 0.3) is 0 Å². The molecule has 0 saturated heterocycles. The lowest BCUT2D eigenvalue weighted by Gasteiger charge is -2.11. The van der Waals surface area contributed by atoms with Crippen molar-refractivity contribution in [3.63, 3.8) is 0 Å². The summed E-state index contributed by atoms with van der Waals surface area (Å²) >= 11 is 9.40. The Morgan fingerprint density at radius 2 is 2.27 bits per heavy atom. The predicted octanol–water partition coefficient (Wildman–Crippen LogP) is 3.23. The zero-order valence-electron chi connectivity index (χ0n) is 8.89. The molecule has 0 bridgehead atoms. The van der Waals surface area contributed by atoms with Gasteiger partial charge in [-0.25, -0.2) is 0 Å². The van der Waals surface area contributed by atoms with Gasteiger partial charge in [0, 0.05) is 29.7 Å². The largest absolute Gasteiger partial charge is 0.380 e. The van der Waals surface area contributed by atoms with E-state index in [0.717, 1.165) is 28.1 Å². The van der Waals surface area contributed by atoms with Gasteiger partial charge in [-0.05, 0) is 30.7 Å². The number of rotatable bonds is 5. The molecule has 0 aliphatic carbocycles. The number of benzene rings is 1. The fraction of sp³-hybridized carbons (Fsp3) is 0.455. The molecule has 0 amide bonds. The number of halogens is 2. The van der Waals surface area contributed by atoms with Crippen LogP contribution < -0.4 is 5.32 Å². The van der Waals surface area contributed by atoms with Crippen molar-refractivity contribution in [2.45, 2.75) is 19.6 Å². The van der Waals surface area contributed by atoms with Gasteiger partial charge in [0.25, 0.3) is 0 Å². The number of ether oxygens (including phenoxy) is 1. The predicted molar refractivity (Wildman–Crippen MR) is 67.3 cm³/mol. The molecule has 0 radical (unpaired) electrons. The van der Waals surface area contributed by atoms with Gasteiger partial charge in [0.2, 0.25) is 0 Å². The lowest BCUT2D eigenvalue weighted by atomic mass is 10.2. The first kappa shape index (κ1) is 13.0. The molecule has 1 N–H and O–H groups in total. The second-order valence-corrected chi connectivity index (χ2v) is 4.70. The SMILES string of the molecule is COC(C)CNCc1cc(Cl)ccc1Br. The summed E-state index contributed by atoms with van der Waals surface area (Å²) in [7, 11) is 1.71. The van der Waals surface area contributed by atoms with Crippen molar-refractivity contribution in [2.75, 3.05) is 13.7 Å². The van der Waals surface area contributed by atoms with Gasteiger partial charge in [-0.1, -0.05) is 27.5 Å². The molecule has 0 aliphatic rings. The molecule has 15 heavy (non-hydrogen) atoms. The summed E-state index contributed by atoms with van der Waals surface area (Å²) in [6, 6.07) is 5.78. The Morgan fingerprint density at radius 1 is 1.53 bits per heavy atom. The third kappa shape index (κ3) is 4.51. The van der Waals surface area contributed by atoms with Crippen LogP contribution in [0.15, 0.2) is 22.7 Å². The molecule has 1 atom stereocenters. The van der Waals surface area contributed by atoms with Gasteiger partial charge in [-0.2, -0.15) is 0 Å². The molecular weight excluding hydrogens is 277 g/mol. The molecule has 0 heterocycles. The van der Waals surface area contributed by atoms with Crippen LogP contribution in [-0.4, -0.2) is 19.8 Å². The molecule has 4 heteroatoms. The van der Waals surface area contributed by atoms with E-state index >= 15 is 0 Å². The second-order valence-electron chi connectivity index (χ2n) is 3.41. The molecular formula is C11H15BrClNO. The summed E-state index contributed by atoms with van der Waals surface area (Å²) in [5.41, 5.74) is 1.16. The standard InChI is InChI=1S/C11H15BrClNO/c1-8(15-2)6-14-7-9-5-10(13)3-4-11(9)12/h3-5,8,14H,6-7H2,1-2H3. The van der Waals surface area contributed by atoms with Crippen molar-refractivity contribution in [3.8, 4) is 0 Å². The first-order chi connectivity index (χ1) is 7.13. The molecule has 1 aromatic carbocycles. The Labute approximate surface area is 104 Å². The molecule has 0 saturated carbocycles. The number of hydrogen-bond donors (Lipinski definition) is 1. The monoisotopic (exact) mass is 291 g/mol. The van der Waals surface area contributed by atoms with Crippen molar-refractivity contribution in [1.29, 1.82) is 0 Å². The highest BCUT2D eigenvalue weighted by Crippen LogP contribution is 2.20. The first-order valence-corrected chi connectivity index (χ1v) is 5.98. The van der Waals surface area contributed by atoms with E-state index in [1.807, 2.05) is 25.1 Å². The van der Waals surface area contributed by atoms with Gasteiger partial charge in [0.15, 0.2) is 0 Å². The van der Waals surface area contributed by atoms with Crippen LogP contribution in [0.1, 0.15) is 12.5 Å². The Balaban J connectivity index is 2.46. The molecule has 2 nitrogen and oxygen atoms in total. The normalized spacial score (nSPS) is 12.8. The summed E-state index contributed by atoms with van der Waals surface area (Å²) < 4.78 is 6.22. The molecule has 1 aromatic rings. The molecule has 1 unspecified atom stereocenters. The van der Waals surface area contributed by atoms with Gasteiger partial charge in [-0.15, -0.1) is 0 Å². The Hall–Kier alpha value is -0.0900. The maximum absolute atomic E-state index is 5.91. The highest BCUT2D eigenvalue weighted by Gasteiger charge is 2.02. The molecule has 0 spiro atoms. The lowest BCUT2D eigenvalue weighted by Crippen LogP contribution is -2.25. The third-order valence-corrected chi connectivity index (χ3v) is 3.17. The van der Waals surface area contributed by atoms with Gasteiger partial charge in [0.1, 0.15) is 0 Å². The van der Waals surface area contributed by atoms with Crippen molar-refractivity contribution in [2.24, 2.45) is 0 Å². The summed E-state index contributed by atoms with van der Waals surface area (Å²) in [5, 5.41) is 4.07.